The first-order chi connectivity index (χ1) is 12.6. The van der Waals surface area contributed by atoms with Crippen LogP contribution in [-0.2, 0) is 0 Å². The van der Waals surface area contributed by atoms with Gasteiger partial charge in [-0.1, -0.05) is 12.1 Å². The summed E-state index contributed by atoms with van der Waals surface area (Å²) >= 11 is 0. The molecule has 0 unspecified atom stereocenters. The second-order valence-corrected chi connectivity index (χ2v) is 5.67. The van der Waals surface area contributed by atoms with E-state index in [1.54, 1.807) is 37.4 Å². The number of fused-ring (bicyclic) bond motifs is 3. The minimum absolute atomic E-state index is 0.0650. The zero-order chi connectivity index (χ0) is 18.3. The number of nitrogens with zero attached hydrogens (tertiary/aromatic N) is 2. The molecule has 0 atom stereocenters. The first-order valence-electron chi connectivity index (χ1n) is 7.75. The Balaban J connectivity index is 1.90. The maximum atomic E-state index is 12.7. The van der Waals surface area contributed by atoms with Gasteiger partial charge in [0.05, 0.1) is 24.4 Å². The van der Waals surface area contributed by atoms with Crippen LogP contribution in [0.1, 0.15) is 5.56 Å². The van der Waals surface area contributed by atoms with Gasteiger partial charge in [0.1, 0.15) is 17.0 Å². The Morgan fingerprint density at radius 3 is 2.73 bits per heavy atom. The molecule has 2 aromatic heterocycles. The zero-order valence-corrected chi connectivity index (χ0v) is 13.7. The van der Waals surface area contributed by atoms with Crippen LogP contribution in [0.2, 0.25) is 0 Å². The van der Waals surface area contributed by atoms with E-state index in [0.29, 0.717) is 27.7 Å². The second-order valence-electron chi connectivity index (χ2n) is 5.67. The monoisotopic (exact) mass is 350 g/mol. The molecular formula is C18H14N4O4. The van der Waals surface area contributed by atoms with Crippen molar-refractivity contribution in [3.63, 3.8) is 0 Å². The highest BCUT2D eigenvalue weighted by Gasteiger charge is 2.13. The Labute approximate surface area is 146 Å². The van der Waals surface area contributed by atoms with E-state index in [0.717, 1.165) is 4.68 Å². The number of rotatable bonds is 3. The number of aromatic hydroxyl groups is 1. The average molecular weight is 350 g/mol. The van der Waals surface area contributed by atoms with Crippen LogP contribution in [-0.4, -0.2) is 33.1 Å². The third-order valence-electron chi connectivity index (χ3n) is 4.03. The van der Waals surface area contributed by atoms with Crippen molar-refractivity contribution in [1.29, 1.82) is 0 Å². The van der Waals surface area contributed by atoms with Gasteiger partial charge in [-0.05, 0) is 29.8 Å². The van der Waals surface area contributed by atoms with Crippen LogP contribution in [0.5, 0.6) is 11.5 Å². The van der Waals surface area contributed by atoms with Crippen LogP contribution < -0.4 is 16.0 Å². The molecule has 8 heteroatoms. The molecule has 0 amide bonds. The summed E-state index contributed by atoms with van der Waals surface area (Å²) in [5.41, 5.74) is 0.646. The Kier molecular flexibility index (Phi) is 3.58. The highest BCUT2D eigenvalue weighted by atomic mass is 16.5. The molecule has 0 aliphatic heterocycles. The fourth-order valence-corrected chi connectivity index (χ4v) is 2.79. The van der Waals surface area contributed by atoms with Crippen molar-refractivity contribution < 1.29 is 9.84 Å². The van der Waals surface area contributed by atoms with E-state index < -0.39 is 11.2 Å². The number of hydrogen-bond donors (Lipinski definition) is 3. The number of phenolic OH excluding ortho intramolecular Hbond substituents is 1. The largest absolute Gasteiger partial charge is 0.508 e. The van der Waals surface area contributed by atoms with E-state index in [4.69, 9.17) is 4.74 Å². The fourth-order valence-electron chi connectivity index (χ4n) is 2.79. The molecule has 130 valence electrons. The second kappa shape index (κ2) is 5.92. The van der Waals surface area contributed by atoms with Gasteiger partial charge < -0.3 is 19.8 Å². The van der Waals surface area contributed by atoms with E-state index in [9.17, 15) is 14.7 Å². The summed E-state index contributed by atoms with van der Waals surface area (Å²) in [6.07, 6.45) is 1.33. The van der Waals surface area contributed by atoms with Gasteiger partial charge in [0, 0.05) is 11.5 Å². The molecule has 8 nitrogen and oxygen atoms in total. The van der Waals surface area contributed by atoms with Gasteiger partial charge in [0.25, 0.3) is 0 Å². The highest BCUT2D eigenvalue weighted by molar-refractivity contribution is 6.04. The number of benzene rings is 2. The standard InChI is InChI=1S/C18H14N4O4/c1-26-12-5-6-13-14(8-12)20-16-15(13)21-18(25)22(17(16)24)19-9-10-3-2-4-11(23)7-10/h2-9,20,23H,1H3,(H,21,25). The van der Waals surface area contributed by atoms with Gasteiger partial charge >= 0.3 is 11.2 Å². The van der Waals surface area contributed by atoms with Gasteiger partial charge in [-0.15, -0.1) is 4.68 Å². The van der Waals surface area contributed by atoms with Crippen LogP contribution in [0, 0.1) is 0 Å². The SMILES string of the molecule is COc1ccc2c(c1)[nH]c1c(=O)n(N=Cc3cccc(O)c3)c(=O)[nH]c12. The molecule has 2 aromatic carbocycles. The predicted molar refractivity (Wildman–Crippen MR) is 98.3 cm³/mol. The van der Waals surface area contributed by atoms with E-state index >= 15 is 0 Å². The maximum absolute atomic E-state index is 12.7. The van der Waals surface area contributed by atoms with Gasteiger partial charge in [-0.3, -0.25) is 4.79 Å². The summed E-state index contributed by atoms with van der Waals surface area (Å²) in [6, 6.07) is 11.6. The summed E-state index contributed by atoms with van der Waals surface area (Å²) in [4.78, 5) is 30.7. The number of H-pyrrole nitrogens is 2. The molecule has 0 fully saturated rings. The molecule has 4 rings (SSSR count). The molecule has 26 heavy (non-hydrogen) atoms. The molecule has 3 N–H and O–H groups in total. The summed E-state index contributed by atoms with van der Waals surface area (Å²) in [6.45, 7) is 0. The number of phenols is 1. The first-order valence-corrected chi connectivity index (χ1v) is 7.75. The predicted octanol–water partition coefficient (Wildman–Crippen LogP) is 1.77. The quantitative estimate of drug-likeness (QED) is 0.489. The number of aromatic amines is 2. The lowest BCUT2D eigenvalue weighted by Crippen LogP contribution is -2.32. The molecule has 2 heterocycles. The lowest BCUT2D eigenvalue weighted by Gasteiger charge is -1.99. The van der Waals surface area contributed by atoms with Gasteiger partial charge in [0.15, 0.2) is 0 Å². The maximum Gasteiger partial charge on any atom is 0.350 e. The van der Waals surface area contributed by atoms with Crippen molar-refractivity contribution >= 4 is 28.2 Å². The van der Waals surface area contributed by atoms with Crippen molar-refractivity contribution in [2.24, 2.45) is 5.10 Å². The molecule has 0 radical (unpaired) electrons. The number of hydrogen-bond acceptors (Lipinski definition) is 5. The van der Waals surface area contributed by atoms with Crippen molar-refractivity contribution in [2.45, 2.75) is 0 Å². The van der Waals surface area contributed by atoms with E-state index in [2.05, 4.69) is 15.1 Å². The zero-order valence-electron chi connectivity index (χ0n) is 13.7. The average Bonchev–Trinajstić information content (AvgIpc) is 2.99. The van der Waals surface area contributed by atoms with Crippen molar-refractivity contribution in [2.75, 3.05) is 7.11 Å². The molecular weight excluding hydrogens is 336 g/mol. The molecule has 0 aliphatic rings. The van der Waals surface area contributed by atoms with Crippen LogP contribution >= 0.6 is 0 Å². The number of aromatic nitrogens is 3. The number of ether oxygens (including phenoxy) is 1. The van der Waals surface area contributed by atoms with Crippen LogP contribution in [0.4, 0.5) is 0 Å². The molecule has 0 saturated heterocycles. The van der Waals surface area contributed by atoms with Crippen LogP contribution in [0.3, 0.4) is 0 Å². The van der Waals surface area contributed by atoms with Crippen molar-refractivity contribution in [1.82, 2.24) is 14.6 Å². The van der Waals surface area contributed by atoms with Crippen LogP contribution in [0.25, 0.3) is 21.9 Å². The Morgan fingerprint density at radius 1 is 1.12 bits per heavy atom. The minimum atomic E-state index is -0.657. The van der Waals surface area contributed by atoms with Crippen molar-refractivity contribution in [3.8, 4) is 11.5 Å². The number of nitrogens with one attached hydrogen (secondary N) is 2. The van der Waals surface area contributed by atoms with E-state index in [-0.39, 0.29) is 11.3 Å². The Bertz CT molecular complexity index is 1280. The highest BCUT2D eigenvalue weighted by Crippen LogP contribution is 2.24. The van der Waals surface area contributed by atoms with Crippen LogP contribution in [0.15, 0.2) is 57.2 Å². The summed E-state index contributed by atoms with van der Waals surface area (Å²) in [5, 5.41) is 14.1. The molecule has 0 bridgehead atoms. The van der Waals surface area contributed by atoms with E-state index in [1.807, 2.05) is 0 Å². The first kappa shape index (κ1) is 15.7. The third-order valence-corrected chi connectivity index (χ3v) is 4.03. The summed E-state index contributed by atoms with van der Waals surface area (Å²) in [5.74, 6) is 0.698. The molecule has 0 aliphatic carbocycles. The normalized spacial score (nSPS) is 11.6. The van der Waals surface area contributed by atoms with E-state index in [1.165, 1.54) is 18.3 Å². The Morgan fingerprint density at radius 2 is 1.96 bits per heavy atom. The van der Waals surface area contributed by atoms with Crippen molar-refractivity contribution in [3.05, 3.63) is 68.9 Å². The van der Waals surface area contributed by atoms with Gasteiger partial charge in [-0.25, -0.2) is 4.79 Å². The fraction of sp³-hybridized carbons (Fsp3) is 0.0556. The summed E-state index contributed by atoms with van der Waals surface area (Å²) < 4.78 is 5.91. The smallest absolute Gasteiger partial charge is 0.350 e. The van der Waals surface area contributed by atoms with Gasteiger partial charge in [-0.2, -0.15) is 5.10 Å². The molecule has 0 saturated carbocycles. The Hall–Kier alpha value is -3.81. The summed E-state index contributed by atoms with van der Waals surface area (Å²) in [7, 11) is 1.55. The topological polar surface area (TPSA) is 112 Å². The lowest BCUT2D eigenvalue weighted by atomic mass is 10.2. The number of methoxy groups -OCH3 is 1. The van der Waals surface area contributed by atoms with Gasteiger partial charge in [0.2, 0.25) is 0 Å². The molecule has 0 spiro atoms. The minimum Gasteiger partial charge on any atom is -0.508 e. The third kappa shape index (κ3) is 2.53. The lowest BCUT2D eigenvalue weighted by molar-refractivity contribution is 0.415. The molecule has 4 aromatic rings.